The van der Waals surface area contributed by atoms with Crippen molar-refractivity contribution < 1.29 is 4.79 Å². The zero-order valence-electron chi connectivity index (χ0n) is 11.4. The van der Waals surface area contributed by atoms with Crippen LogP contribution in [0, 0.1) is 0 Å². The molecule has 0 heterocycles. The van der Waals surface area contributed by atoms with Crippen molar-refractivity contribution in [3.05, 3.63) is 23.8 Å². The van der Waals surface area contributed by atoms with Crippen LogP contribution in [0.5, 0.6) is 0 Å². The summed E-state index contributed by atoms with van der Waals surface area (Å²) in [6.45, 7) is 6.48. The Labute approximate surface area is 109 Å². The van der Waals surface area contributed by atoms with Crippen molar-refractivity contribution in [2.75, 3.05) is 11.1 Å². The van der Waals surface area contributed by atoms with E-state index in [9.17, 15) is 4.79 Å². The Morgan fingerprint density at radius 3 is 2.22 bits per heavy atom. The maximum Gasteiger partial charge on any atom is 0.250 e. The van der Waals surface area contributed by atoms with Gasteiger partial charge >= 0.3 is 0 Å². The lowest BCUT2D eigenvalue weighted by Crippen LogP contribution is -2.36. The Kier molecular flexibility index (Phi) is 4.59. The molecule has 1 aromatic carbocycles. The van der Waals surface area contributed by atoms with Gasteiger partial charge in [-0.05, 0) is 37.5 Å². The Bertz CT molecular complexity index is 417. The summed E-state index contributed by atoms with van der Waals surface area (Å²) < 4.78 is 0. The van der Waals surface area contributed by atoms with E-state index in [4.69, 9.17) is 11.5 Å². The van der Waals surface area contributed by atoms with Gasteiger partial charge in [0.15, 0.2) is 0 Å². The summed E-state index contributed by atoms with van der Waals surface area (Å²) in [6, 6.07) is 5.33. The third kappa shape index (κ3) is 2.94. The van der Waals surface area contributed by atoms with Gasteiger partial charge in [0.05, 0.1) is 5.56 Å². The van der Waals surface area contributed by atoms with Gasteiger partial charge in [-0.1, -0.05) is 20.8 Å². The van der Waals surface area contributed by atoms with Crippen LogP contribution in [0.15, 0.2) is 18.2 Å². The maximum absolute atomic E-state index is 11.3. The Hall–Kier alpha value is -1.71. The Balaban J connectivity index is 3.04. The number of rotatable bonds is 6. The number of nitrogens with two attached hydrogens (primary N) is 2. The second kappa shape index (κ2) is 5.76. The number of nitrogens with one attached hydrogen (secondary N) is 1. The lowest BCUT2D eigenvalue weighted by Gasteiger charge is -2.33. The quantitative estimate of drug-likeness (QED) is 0.678. The number of hydrogen-bond donors (Lipinski definition) is 3. The van der Waals surface area contributed by atoms with Crippen LogP contribution >= 0.6 is 0 Å². The molecule has 4 nitrogen and oxygen atoms in total. The Morgan fingerprint density at radius 2 is 1.78 bits per heavy atom. The van der Waals surface area contributed by atoms with E-state index in [1.807, 2.05) is 6.07 Å². The van der Waals surface area contributed by atoms with Crippen LogP contribution in [0.3, 0.4) is 0 Å². The first-order chi connectivity index (χ1) is 8.48. The predicted molar refractivity (Wildman–Crippen MR) is 76.6 cm³/mol. The van der Waals surface area contributed by atoms with Crippen molar-refractivity contribution in [2.45, 2.75) is 45.6 Å². The fourth-order valence-electron chi connectivity index (χ4n) is 2.17. The number of carbonyl (C=O) groups is 1. The van der Waals surface area contributed by atoms with Gasteiger partial charge in [-0.2, -0.15) is 0 Å². The van der Waals surface area contributed by atoms with E-state index < -0.39 is 5.91 Å². The molecule has 1 amide bonds. The average molecular weight is 249 g/mol. The first-order valence-corrected chi connectivity index (χ1v) is 6.45. The summed E-state index contributed by atoms with van der Waals surface area (Å²) in [5.41, 5.74) is 12.8. The molecule has 0 atom stereocenters. The number of amides is 1. The molecule has 4 heteroatoms. The molecule has 0 aliphatic heterocycles. The fraction of sp³-hybridized carbons (Fsp3) is 0.500. The zero-order valence-corrected chi connectivity index (χ0v) is 11.4. The molecule has 0 bridgehead atoms. The van der Waals surface area contributed by atoms with Crippen LogP contribution in [-0.4, -0.2) is 11.4 Å². The van der Waals surface area contributed by atoms with Gasteiger partial charge in [-0.15, -0.1) is 0 Å². The highest BCUT2D eigenvalue weighted by atomic mass is 16.1. The Morgan fingerprint density at radius 1 is 1.22 bits per heavy atom. The number of anilines is 2. The molecule has 0 radical (unpaired) electrons. The second-order valence-electron chi connectivity index (χ2n) is 4.63. The summed E-state index contributed by atoms with van der Waals surface area (Å²) in [7, 11) is 0. The van der Waals surface area contributed by atoms with E-state index in [1.54, 1.807) is 12.1 Å². The largest absolute Gasteiger partial charge is 0.398 e. The number of hydrogen-bond acceptors (Lipinski definition) is 3. The molecule has 100 valence electrons. The van der Waals surface area contributed by atoms with Crippen molar-refractivity contribution in [1.29, 1.82) is 0 Å². The minimum atomic E-state index is -0.494. The minimum Gasteiger partial charge on any atom is -0.398 e. The molecule has 0 fully saturated rings. The lowest BCUT2D eigenvalue weighted by molar-refractivity contribution is 0.100. The molecular formula is C14H23N3O. The highest BCUT2D eigenvalue weighted by Gasteiger charge is 2.23. The van der Waals surface area contributed by atoms with Crippen LogP contribution in [0.2, 0.25) is 0 Å². The molecule has 1 rings (SSSR count). The molecule has 0 spiro atoms. The second-order valence-corrected chi connectivity index (χ2v) is 4.63. The van der Waals surface area contributed by atoms with Crippen LogP contribution in [-0.2, 0) is 0 Å². The van der Waals surface area contributed by atoms with Crippen LogP contribution in [0.4, 0.5) is 11.4 Å². The molecule has 0 aliphatic rings. The molecule has 1 aromatic rings. The molecule has 0 saturated heterocycles. The highest BCUT2D eigenvalue weighted by Crippen LogP contribution is 2.27. The molecule has 0 aromatic heterocycles. The summed E-state index contributed by atoms with van der Waals surface area (Å²) in [6.07, 6.45) is 3.07. The molecule has 0 unspecified atom stereocenters. The third-order valence-corrected chi connectivity index (χ3v) is 3.76. The lowest BCUT2D eigenvalue weighted by atomic mass is 9.89. The van der Waals surface area contributed by atoms with E-state index in [1.165, 1.54) is 0 Å². The first-order valence-electron chi connectivity index (χ1n) is 6.45. The molecule has 0 saturated carbocycles. The standard InChI is InChI=1S/C14H23N3O/c1-4-14(5-2,6-3)17-10-7-8-12(15)11(9-10)13(16)18/h7-9,17H,4-6,15H2,1-3H3,(H2,16,18). The molecule has 18 heavy (non-hydrogen) atoms. The monoisotopic (exact) mass is 249 g/mol. The molecule has 5 N–H and O–H groups in total. The predicted octanol–water partition coefficient (Wildman–Crippen LogP) is 2.75. The molecule has 0 aliphatic carbocycles. The van der Waals surface area contributed by atoms with Crippen molar-refractivity contribution in [1.82, 2.24) is 0 Å². The van der Waals surface area contributed by atoms with E-state index in [-0.39, 0.29) is 5.54 Å². The van der Waals surface area contributed by atoms with Gasteiger partial charge in [0.2, 0.25) is 0 Å². The normalized spacial score (nSPS) is 11.3. The number of nitrogen functional groups attached to an aromatic ring is 1. The van der Waals surface area contributed by atoms with Gasteiger partial charge in [0, 0.05) is 16.9 Å². The molecular weight excluding hydrogens is 226 g/mol. The summed E-state index contributed by atoms with van der Waals surface area (Å²) in [4.78, 5) is 11.3. The maximum atomic E-state index is 11.3. The minimum absolute atomic E-state index is 0.0605. The SMILES string of the molecule is CCC(CC)(CC)Nc1ccc(N)c(C(N)=O)c1. The van der Waals surface area contributed by atoms with Crippen molar-refractivity contribution in [3.63, 3.8) is 0 Å². The van der Waals surface area contributed by atoms with E-state index >= 15 is 0 Å². The van der Waals surface area contributed by atoms with E-state index in [0.29, 0.717) is 11.3 Å². The zero-order chi connectivity index (χ0) is 13.8. The number of primary amides is 1. The van der Waals surface area contributed by atoms with Crippen LogP contribution < -0.4 is 16.8 Å². The van der Waals surface area contributed by atoms with Gasteiger partial charge in [-0.25, -0.2) is 0 Å². The first kappa shape index (κ1) is 14.4. The summed E-state index contributed by atoms with van der Waals surface area (Å²) >= 11 is 0. The van der Waals surface area contributed by atoms with Gasteiger partial charge in [0.1, 0.15) is 0 Å². The average Bonchev–Trinajstić information content (AvgIpc) is 2.38. The van der Waals surface area contributed by atoms with E-state index in [2.05, 4.69) is 26.1 Å². The summed E-state index contributed by atoms with van der Waals surface area (Å²) in [5, 5.41) is 3.50. The van der Waals surface area contributed by atoms with E-state index in [0.717, 1.165) is 24.9 Å². The number of carbonyl (C=O) groups excluding carboxylic acids is 1. The van der Waals surface area contributed by atoms with Crippen LogP contribution in [0.1, 0.15) is 50.4 Å². The van der Waals surface area contributed by atoms with Crippen LogP contribution in [0.25, 0.3) is 0 Å². The smallest absolute Gasteiger partial charge is 0.250 e. The van der Waals surface area contributed by atoms with Gasteiger partial charge in [0.25, 0.3) is 5.91 Å². The fourth-order valence-corrected chi connectivity index (χ4v) is 2.17. The third-order valence-electron chi connectivity index (χ3n) is 3.76. The van der Waals surface area contributed by atoms with Gasteiger partial charge in [-0.3, -0.25) is 4.79 Å². The van der Waals surface area contributed by atoms with Crippen molar-refractivity contribution in [3.8, 4) is 0 Å². The van der Waals surface area contributed by atoms with Crippen molar-refractivity contribution in [2.24, 2.45) is 5.73 Å². The topological polar surface area (TPSA) is 81.1 Å². The number of benzene rings is 1. The summed E-state index contributed by atoms with van der Waals surface area (Å²) in [5.74, 6) is -0.494. The highest BCUT2D eigenvalue weighted by molar-refractivity contribution is 5.98. The van der Waals surface area contributed by atoms with Crippen molar-refractivity contribution >= 4 is 17.3 Å². The van der Waals surface area contributed by atoms with Gasteiger partial charge < -0.3 is 16.8 Å².